The van der Waals surface area contributed by atoms with Gasteiger partial charge in [0.15, 0.2) is 0 Å². The third kappa shape index (κ3) is 3.99. The van der Waals surface area contributed by atoms with E-state index in [1.54, 1.807) is 18.2 Å². The van der Waals surface area contributed by atoms with E-state index in [0.717, 1.165) is 11.1 Å². The first-order chi connectivity index (χ1) is 15.0. The molecule has 2 aromatic carbocycles. The van der Waals surface area contributed by atoms with E-state index in [1.807, 2.05) is 42.5 Å². The van der Waals surface area contributed by atoms with E-state index in [1.165, 1.54) is 18.2 Å². The number of benzene rings is 2. The molecule has 1 aliphatic heterocycles. The molecule has 7 heteroatoms. The van der Waals surface area contributed by atoms with Crippen LogP contribution in [0.5, 0.6) is 5.75 Å². The van der Waals surface area contributed by atoms with Crippen LogP contribution in [0.3, 0.4) is 0 Å². The molecule has 1 saturated heterocycles. The molecule has 2 heterocycles. The molecular weight excluding hydrogens is 416 g/mol. The summed E-state index contributed by atoms with van der Waals surface area (Å²) in [5, 5.41) is 10.2. The number of hydrogen-bond acceptors (Lipinski definition) is 4. The molecule has 0 unspecified atom stereocenters. The molecule has 0 aliphatic carbocycles. The zero-order chi connectivity index (χ0) is 22.0. The number of rotatable bonds is 5. The number of ether oxygens (including phenoxy) is 1. The van der Waals surface area contributed by atoms with Crippen molar-refractivity contribution in [3.63, 3.8) is 0 Å². The Bertz CT molecular complexity index is 1120. The lowest BCUT2D eigenvalue weighted by molar-refractivity contribution is -0.141. The monoisotopic (exact) mass is 436 g/mol. The lowest BCUT2D eigenvalue weighted by Crippen LogP contribution is -2.42. The number of aromatic nitrogens is 1. The number of carboxylic acids is 1. The summed E-state index contributed by atoms with van der Waals surface area (Å²) < 4.78 is 5.49. The van der Waals surface area contributed by atoms with Crippen molar-refractivity contribution in [3.8, 4) is 17.0 Å². The number of likely N-dealkylation sites (tertiary alicyclic amines) is 1. The Morgan fingerprint density at radius 2 is 1.81 bits per heavy atom. The molecule has 158 valence electrons. The Kier molecular flexibility index (Phi) is 5.91. The number of hydrogen-bond donors (Lipinski definition) is 1. The molecule has 6 nitrogen and oxygen atoms in total. The second-order valence-corrected chi connectivity index (χ2v) is 7.73. The summed E-state index contributed by atoms with van der Waals surface area (Å²) in [5.74, 6) is -1.01. The normalized spacial score (nSPS) is 18.1. The number of nitrogens with zero attached hydrogens (tertiary/aromatic N) is 2. The van der Waals surface area contributed by atoms with Crippen LogP contribution in [-0.4, -0.2) is 40.0 Å². The molecule has 0 spiro atoms. The molecule has 0 radical (unpaired) electrons. The lowest BCUT2D eigenvalue weighted by atomic mass is 10.0. The van der Waals surface area contributed by atoms with Crippen molar-refractivity contribution in [2.75, 3.05) is 7.11 Å². The van der Waals surface area contributed by atoms with Crippen LogP contribution in [0.2, 0.25) is 5.02 Å². The van der Waals surface area contributed by atoms with Gasteiger partial charge in [0.2, 0.25) is 0 Å². The molecule has 1 aromatic heterocycles. The average Bonchev–Trinajstić information content (AvgIpc) is 3.24. The highest BCUT2D eigenvalue weighted by Crippen LogP contribution is 2.40. The standard InChI is InChI=1S/C24H21ClN2O4/c1-31-21-13-16(14-26-22(21)15-7-3-2-4-8-15)23(28)27-19(11-12-20(27)24(29)30)17-9-5-6-10-18(17)25/h2-10,13-14,19-20H,11-12H2,1H3,(H,29,30)/t19-,20+/m1/s1. The first-order valence-electron chi connectivity index (χ1n) is 9.90. The maximum atomic E-state index is 13.5. The number of carbonyl (C=O) groups excluding carboxylic acids is 1. The third-order valence-corrected chi connectivity index (χ3v) is 5.88. The van der Waals surface area contributed by atoms with Crippen molar-refractivity contribution in [3.05, 3.63) is 83.0 Å². The van der Waals surface area contributed by atoms with Gasteiger partial charge in [-0.2, -0.15) is 0 Å². The van der Waals surface area contributed by atoms with E-state index < -0.39 is 24.0 Å². The lowest BCUT2D eigenvalue weighted by Gasteiger charge is -2.29. The summed E-state index contributed by atoms with van der Waals surface area (Å²) in [4.78, 5) is 31.3. The first-order valence-corrected chi connectivity index (χ1v) is 10.3. The molecule has 1 amide bonds. The van der Waals surface area contributed by atoms with Gasteiger partial charge in [0.05, 0.1) is 18.7 Å². The molecule has 0 bridgehead atoms. The summed E-state index contributed by atoms with van der Waals surface area (Å²) >= 11 is 6.37. The Balaban J connectivity index is 1.73. The van der Waals surface area contributed by atoms with Crippen molar-refractivity contribution >= 4 is 23.5 Å². The van der Waals surface area contributed by atoms with Crippen LogP contribution in [0.4, 0.5) is 0 Å². The summed E-state index contributed by atoms with van der Waals surface area (Å²) in [5.41, 5.74) is 2.47. The predicted octanol–water partition coefficient (Wildman–Crippen LogP) is 4.84. The van der Waals surface area contributed by atoms with Gasteiger partial charge in [0, 0.05) is 16.8 Å². The van der Waals surface area contributed by atoms with Crippen molar-refractivity contribution in [1.82, 2.24) is 9.88 Å². The van der Waals surface area contributed by atoms with Crippen LogP contribution in [0.15, 0.2) is 66.9 Å². The summed E-state index contributed by atoms with van der Waals surface area (Å²) in [7, 11) is 1.51. The highest BCUT2D eigenvalue weighted by Gasteiger charge is 2.42. The number of amides is 1. The number of pyridine rings is 1. The van der Waals surface area contributed by atoms with Gasteiger partial charge in [-0.1, -0.05) is 60.1 Å². The highest BCUT2D eigenvalue weighted by atomic mass is 35.5. The van der Waals surface area contributed by atoms with Crippen LogP contribution >= 0.6 is 11.6 Å². The molecule has 1 N–H and O–H groups in total. The number of carbonyl (C=O) groups is 2. The minimum Gasteiger partial charge on any atom is -0.494 e. The van der Waals surface area contributed by atoms with Crippen molar-refractivity contribution in [2.24, 2.45) is 0 Å². The second kappa shape index (κ2) is 8.78. The minimum absolute atomic E-state index is 0.265. The Labute approximate surface area is 185 Å². The fourth-order valence-corrected chi connectivity index (χ4v) is 4.33. The number of aliphatic carboxylic acids is 1. The van der Waals surface area contributed by atoms with Crippen LogP contribution in [0, 0.1) is 0 Å². The van der Waals surface area contributed by atoms with Crippen LogP contribution < -0.4 is 4.74 Å². The SMILES string of the molecule is COc1cc(C(=O)N2[C@@H](c3ccccc3Cl)CC[C@H]2C(=O)O)cnc1-c1ccccc1. The summed E-state index contributed by atoms with van der Waals surface area (Å²) in [6.45, 7) is 0. The fraction of sp³-hybridized carbons (Fsp3) is 0.208. The Morgan fingerprint density at radius 1 is 1.10 bits per heavy atom. The molecule has 1 fully saturated rings. The van der Waals surface area contributed by atoms with E-state index in [4.69, 9.17) is 16.3 Å². The largest absolute Gasteiger partial charge is 0.494 e. The van der Waals surface area contributed by atoms with E-state index in [0.29, 0.717) is 29.3 Å². The average molecular weight is 437 g/mol. The van der Waals surface area contributed by atoms with Crippen LogP contribution in [0.25, 0.3) is 11.3 Å². The fourth-order valence-electron chi connectivity index (χ4n) is 4.07. The number of methoxy groups -OCH3 is 1. The molecule has 3 aromatic rings. The van der Waals surface area contributed by atoms with E-state index >= 15 is 0 Å². The molecule has 4 rings (SSSR count). The molecule has 2 atom stereocenters. The molecule has 31 heavy (non-hydrogen) atoms. The predicted molar refractivity (Wildman–Crippen MR) is 117 cm³/mol. The van der Waals surface area contributed by atoms with Crippen LogP contribution in [-0.2, 0) is 4.79 Å². The van der Waals surface area contributed by atoms with Crippen molar-refractivity contribution in [2.45, 2.75) is 24.9 Å². The Hall–Kier alpha value is -3.38. The smallest absolute Gasteiger partial charge is 0.326 e. The molecule has 0 saturated carbocycles. The Morgan fingerprint density at radius 3 is 2.48 bits per heavy atom. The summed E-state index contributed by atoms with van der Waals surface area (Å²) in [6, 6.07) is 17.0. The van der Waals surface area contributed by atoms with Gasteiger partial charge in [0.1, 0.15) is 17.5 Å². The maximum Gasteiger partial charge on any atom is 0.326 e. The van der Waals surface area contributed by atoms with Crippen molar-refractivity contribution in [1.29, 1.82) is 0 Å². The van der Waals surface area contributed by atoms with Gasteiger partial charge >= 0.3 is 5.97 Å². The maximum absolute atomic E-state index is 13.5. The topological polar surface area (TPSA) is 79.7 Å². The zero-order valence-corrected chi connectivity index (χ0v) is 17.6. The van der Waals surface area contributed by atoms with Gasteiger partial charge in [-0.15, -0.1) is 0 Å². The quantitative estimate of drug-likeness (QED) is 0.619. The van der Waals surface area contributed by atoms with Gasteiger partial charge < -0.3 is 14.7 Å². The third-order valence-electron chi connectivity index (χ3n) is 5.54. The second-order valence-electron chi connectivity index (χ2n) is 7.32. The minimum atomic E-state index is -1.04. The van der Waals surface area contributed by atoms with Gasteiger partial charge in [-0.3, -0.25) is 9.78 Å². The molecular formula is C24H21ClN2O4. The highest BCUT2D eigenvalue weighted by molar-refractivity contribution is 6.31. The van der Waals surface area contributed by atoms with Gasteiger partial charge in [-0.25, -0.2) is 4.79 Å². The first kappa shape index (κ1) is 20.9. The van der Waals surface area contributed by atoms with Gasteiger partial charge in [-0.05, 0) is 30.5 Å². The molecule has 1 aliphatic rings. The van der Waals surface area contributed by atoms with Gasteiger partial charge in [0.25, 0.3) is 5.91 Å². The number of halogens is 1. The van der Waals surface area contributed by atoms with E-state index in [2.05, 4.69) is 4.98 Å². The van der Waals surface area contributed by atoms with E-state index in [-0.39, 0.29) is 5.56 Å². The van der Waals surface area contributed by atoms with E-state index in [9.17, 15) is 14.7 Å². The van der Waals surface area contributed by atoms with Crippen LogP contribution in [0.1, 0.15) is 34.8 Å². The zero-order valence-electron chi connectivity index (χ0n) is 16.9. The number of carboxylic acid groups (broad SMARTS) is 1. The summed E-state index contributed by atoms with van der Waals surface area (Å²) in [6.07, 6.45) is 2.33. The van der Waals surface area contributed by atoms with Crippen molar-refractivity contribution < 1.29 is 19.4 Å².